The maximum atomic E-state index is 14.1. The van der Waals surface area contributed by atoms with E-state index < -0.39 is 83.5 Å². The van der Waals surface area contributed by atoms with Crippen LogP contribution in [-0.2, 0) is 44.8 Å². The lowest BCUT2D eigenvalue weighted by Crippen LogP contribution is -2.60. The Labute approximate surface area is 342 Å². The van der Waals surface area contributed by atoms with Crippen LogP contribution in [0.1, 0.15) is 83.6 Å². The molecule has 58 heavy (non-hydrogen) atoms. The number of carbonyl (C=O) groups excluding carboxylic acids is 8. The number of primary amides is 1. The number of unbranched alkanes of at least 4 members (excludes halogenated alkanes) is 1. The molecule has 6 atom stereocenters. The first kappa shape index (κ1) is 48.6. The van der Waals surface area contributed by atoms with Crippen molar-refractivity contribution in [3.63, 3.8) is 0 Å². The van der Waals surface area contributed by atoms with Crippen LogP contribution in [0, 0.1) is 0 Å². The second-order valence-electron chi connectivity index (χ2n) is 14.0. The van der Waals surface area contributed by atoms with E-state index in [0.717, 1.165) is 6.42 Å². The van der Waals surface area contributed by atoms with E-state index in [-0.39, 0.29) is 83.4 Å². The summed E-state index contributed by atoms with van der Waals surface area (Å²) in [5.74, 6) is -5.92. The van der Waals surface area contributed by atoms with E-state index in [1.807, 2.05) is 6.92 Å². The van der Waals surface area contributed by atoms with Gasteiger partial charge in [-0.2, -0.15) is 0 Å². The van der Waals surface area contributed by atoms with Crippen molar-refractivity contribution < 1.29 is 38.4 Å². The standard InChI is InChI=1S/C37H59ClN12O8/c1-3-4-7-25(45-21(2)51)32(54)49-28-14-15-30(52)43-19-16-24(31(40)53)46-33(55)27(9-6-18-44-37(41)42)48-36(58)29(20-22-10-12-23(38)13-11-22)50-34(56)26(8-5-17-39)47-35(28)57/h10-13,24-29H,3-9,14-20,39H2,1-2H3,(H2,40,53)(H,43,52)(H,45,51)(H,46,55)(H,47,57)(H,48,58)(H,49,54)(H,50,56)(H4,41,42,44)/t24-,25-,26-,27-,28-,29+/m0/s1. The Hall–Kier alpha value is -5.50. The van der Waals surface area contributed by atoms with Crippen LogP contribution in [0.25, 0.3) is 0 Å². The van der Waals surface area contributed by atoms with E-state index in [9.17, 15) is 38.4 Å². The molecule has 0 aromatic heterocycles. The fourth-order valence-corrected chi connectivity index (χ4v) is 6.11. The zero-order valence-electron chi connectivity index (χ0n) is 33.1. The Kier molecular flexibility index (Phi) is 21.5. The van der Waals surface area contributed by atoms with Gasteiger partial charge < -0.3 is 60.2 Å². The number of hydrogen-bond donors (Lipinski definition) is 11. The summed E-state index contributed by atoms with van der Waals surface area (Å²) in [6, 6.07) is -0.950. The van der Waals surface area contributed by atoms with Gasteiger partial charge in [0.05, 0.1) is 0 Å². The molecule has 1 aliphatic heterocycles. The zero-order chi connectivity index (χ0) is 43.2. The van der Waals surface area contributed by atoms with Gasteiger partial charge in [-0.05, 0) is 69.2 Å². The van der Waals surface area contributed by atoms with E-state index >= 15 is 0 Å². The van der Waals surface area contributed by atoms with Gasteiger partial charge in [0, 0.05) is 37.9 Å². The number of nitrogens with one attached hydrogen (secondary N) is 7. The lowest BCUT2D eigenvalue weighted by molar-refractivity contribution is -0.135. The van der Waals surface area contributed by atoms with Gasteiger partial charge in [0.15, 0.2) is 5.96 Å². The third kappa shape index (κ3) is 18.2. The van der Waals surface area contributed by atoms with Crippen LogP contribution in [0.15, 0.2) is 29.3 Å². The SMILES string of the molecule is CCCC[C@H](NC(C)=O)C(=O)N[C@H]1CCC(=O)NCC[C@@H](C(N)=O)NC(=O)[C@H](CCCN=C(N)N)NC(=O)[C@@H](Cc2ccc(Cl)cc2)NC(=O)[C@H](CCCN)NC1=O. The monoisotopic (exact) mass is 834 g/mol. The molecule has 0 radical (unpaired) electrons. The first-order chi connectivity index (χ1) is 27.5. The van der Waals surface area contributed by atoms with Gasteiger partial charge in [0.2, 0.25) is 47.3 Å². The van der Waals surface area contributed by atoms with E-state index in [0.29, 0.717) is 17.0 Å². The van der Waals surface area contributed by atoms with Gasteiger partial charge >= 0.3 is 0 Å². The molecule has 1 aromatic rings. The number of halogens is 1. The lowest BCUT2D eigenvalue weighted by Gasteiger charge is -2.27. The van der Waals surface area contributed by atoms with Crippen molar-refractivity contribution in [3.8, 4) is 0 Å². The minimum Gasteiger partial charge on any atom is -0.370 e. The highest BCUT2D eigenvalue weighted by Gasteiger charge is 2.33. The van der Waals surface area contributed by atoms with E-state index in [1.165, 1.54) is 6.92 Å². The predicted octanol–water partition coefficient (Wildman–Crippen LogP) is -2.42. The van der Waals surface area contributed by atoms with Crippen molar-refractivity contribution in [1.29, 1.82) is 0 Å². The summed E-state index contributed by atoms with van der Waals surface area (Å²) in [5.41, 5.74) is 22.8. The molecule has 8 amide bonds. The Bertz CT molecular complexity index is 1610. The van der Waals surface area contributed by atoms with Gasteiger partial charge in [-0.15, -0.1) is 0 Å². The molecule has 1 aromatic carbocycles. The molecule has 21 heteroatoms. The molecule has 0 spiro atoms. The fourth-order valence-electron chi connectivity index (χ4n) is 5.99. The molecule has 0 aliphatic carbocycles. The molecule has 0 unspecified atom stereocenters. The number of rotatable bonds is 16. The first-order valence-corrected chi connectivity index (χ1v) is 19.8. The number of benzene rings is 1. The van der Waals surface area contributed by atoms with Crippen molar-refractivity contribution in [2.75, 3.05) is 19.6 Å². The molecule has 1 heterocycles. The van der Waals surface area contributed by atoms with Gasteiger partial charge in [-0.1, -0.05) is 43.5 Å². The molecule has 1 saturated heterocycles. The molecule has 1 aliphatic rings. The number of nitrogens with two attached hydrogens (primary N) is 4. The third-order valence-corrected chi connectivity index (χ3v) is 9.39. The van der Waals surface area contributed by atoms with Crippen LogP contribution < -0.4 is 60.2 Å². The lowest BCUT2D eigenvalue weighted by atomic mass is 10.0. The smallest absolute Gasteiger partial charge is 0.243 e. The molecule has 0 bridgehead atoms. The average Bonchev–Trinajstić information content (AvgIpc) is 3.16. The number of guanidine groups is 1. The molecule has 0 saturated carbocycles. The molecule has 15 N–H and O–H groups in total. The second kappa shape index (κ2) is 25.7. The fraction of sp³-hybridized carbons (Fsp3) is 0.595. The molecule has 2 rings (SSSR count). The number of amides is 8. The molecule has 20 nitrogen and oxygen atoms in total. The maximum absolute atomic E-state index is 14.1. The van der Waals surface area contributed by atoms with E-state index in [4.69, 9.17) is 34.5 Å². The molecular weight excluding hydrogens is 776 g/mol. The average molecular weight is 835 g/mol. The topological polar surface area (TPSA) is 337 Å². The van der Waals surface area contributed by atoms with Crippen LogP contribution in [0.5, 0.6) is 0 Å². The quantitative estimate of drug-likeness (QED) is 0.0473. The Morgan fingerprint density at radius 1 is 0.845 bits per heavy atom. The number of nitrogens with zero attached hydrogens (tertiary/aromatic N) is 1. The molecule has 322 valence electrons. The van der Waals surface area contributed by atoms with Crippen LogP contribution in [-0.4, -0.2) is 109 Å². The van der Waals surface area contributed by atoms with Crippen LogP contribution >= 0.6 is 11.6 Å². The summed E-state index contributed by atoms with van der Waals surface area (Å²) < 4.78 is 0. The van der Waals surface area contributed by atoms with E-state index in [2.05, 4.69) is 42.2 Å². The van der Waals surface area contributed by atoms with Crippen molar-refractivity contribution in [2.45, 2.75) is 121 Å². The van der Waals surface area contributed by atoms with Crippen molar-refractivity contribution in [1.82, 2.24) is 37.2 Å². The van der Waals surface area contributed by atoms with E-state index in [1.54, 1.807) is 24.3 Å². The number of hydrogen-bond acceptors (Lipinski definition) is 10. The predicted molar refractivity (Wildman–Crippen MR) is 216 cm³/mol. The summed E-state index contributed by atoms with van der Waals surface area (Å²) in [7, 11) is 0. The largest absolute Gasteiger partial charge is 0.370 e. The first-order valence-electron chi connectivity index (χ1n) is 19.4. The summed E-state index contributed by atoms with van der Waals surface area (Å²) in [5, 5.41) is 18.8. The highest BCUT2D eigenvalue weighted by atomic mass is 35.5. The Balaban J connectivity index is 2.59. The Morgan fingerprint density at radius 3 is 2.05 bits per heavy atom. The highest BCUT2D eigenvalue weighted by Crippen LogP contribution is 2.13. The van der Waals surface area contributed by atoms with Crippen molar-refractivity contribution >= 4 is 64.8 Å². The van der Waals surface area contributed by atoms with Gasteiger partial charge in [-0.25, -0.2) is 0 Å². The minimum absolute atomic E-state index is 0.00170. The zero-order valence-corrected chi connectivity index (χ0v) is 33.8. The summed E-state index contributed by atoms with van der Waals surface area (Å²) in [6.07, 6.45) is 1.40. The minimum atomic E-state index is -1.35. The third-order valence-electron chi connectivity index (χ3n) is 9.14. The second-order valence-corrected chi connectivity index (χ2v) is 14.4. The van der Waals surface area contributed by atoms with Gasteiger partial charge in [0.25, 0.3) is 0 Å². The normalized spacial score (nSPS) is 21.9. The van der Waals surface area contributed by atoms with Gasteiger partial charge in [0.1, 0.15) is 36.3 Å². The maximum Gasteiger partial charge on any atom is 0.243 e. The van der Waals surface area contributed by atoms with Crippen LogP contribution in [0.4, 0.5) is 0 Å². The number of carbonyl (C=O) groups is 8. The highest BCUT2D eigenvalue weighted by molar-refractivity contribution is 6.30. The number of aliphatic imine (C=N–C) groups is 1. The summed E-state index contributed by atoms with van der Waals surface area (Å²) in [4.78, 5) is 110. The molecule has 1 fully saturated rings. The summed E-state index contributed by atoms with van der Waals surface area (Å²) >= 11 is 6.09. The van der Waals surface area contributed by atoms with Gasteiger partial charge in [-0.3, -0.25) is 43.3 Å². The van der Waals surface area contributed by atoms with Crippen molar-refractivity contribution in [2.24, 2.45) is 27.9 Å². The molecular formula is C37H59ClN12O8. The summed E-state index contributed by atoms with van der Waals surface area (Å²) in [6.45, 7) is 3.30. The van der Waals surface area contributed by atoms with Crippen LogP contribution in [0.3, 0.4) is 0 Å². The van der Waals surface area contributed by atoms with Crippen LogP contribution in [0.2, 0.25) is 5.02 Å². The Morgan fingerprint density at radius 2 is 1.45 bits per heavy atom. The van der Waals surface area contributed by atoms with Crippen molar-refractivity contribution in [3.05, 3.63) is 34.9 Å².